The van der Waals surface area contributed by atoms with E-state index in [9.17, 15) is 4.79 Å². The molecule has 7 nitrogen and oxygen atoms in total. The van der Waals surface area contributed by atoms with Crippen molar-refractivity contribution < 1.29 is 14.3 Å². The van der Waals surface area contributed by atoms with E-state index in [4.69, 9.17) is 14.5 Å². The number of aromatic nitrogens is 3. The molecular weight excluding hydrogens is 556 g/mol. The second-order valence-electron chi connectivity index (χ2n) is 11.3. The van der Waals surface area contributed by atoms with Gasteiger partial charge in [0.25, 0.3) is 0 Å². The predicted molar refractivity (Wildman–Crippen MR) is 157 cm³/mol. The molecule has 202 valence electrons. The van der Waals surface area contributed by atoms with Crippen molar-refractivity contribution in [3.8, 4) is 28.3 Å². The van der Waals surface area contributed by atoms with Gasteiger partial charge in [0, 0.05) is 27.0 Å². The summed E-state index contributed by atoms with van der Waals surface area (Å²) in [5.41, 5.74) is 4.62. The van der Waals surface area contributed by atoms with Gasteiger partial charge in [-0.05, 0) is 76.9 Å². The molecule has 4 aromatic rings. The highest BCUT2D eigenvalue weighted by Gasteiger charge is 2.36. The molecule has 2 aliphatic rings. The Bertz CT molecular complexity index is 1600. The molecule has 4 heterocycles. The van der Waals surface area contributed by atoms with Gasteiger partial charge in [-0.1, -0.05) is 41.1 Å². The van der Waals surface area contributed by atoms with Crippen LogP contribution < -0.4 is 4.74 Å². The molecular formula is C31H33BrN4O3. The summed E-state index contributed by atoms with van der Waals surface area (Å²) in [6.07, 6.45) is 7.17. The Morgan fingerprint density at radius 1 is 1.21 bits per heavy atom. The summed E-state index contributed by atoms with van der Waals surface area (Å²) in [5.74, 6) is 1.55. The average molecular weight is 590 g/mol. The van der Waals surface area contributed by atoms with E-state index in [0.717, 1.165) is 51.1 Å². The summed E-state index contributed by atoms with van der Waals surface area (Å²) in [6.45, 7) is 9.84. The SMILES string of the molecule is CCC1CC=C[C@@H](c2ncc(-c3ccc4c(c3)OC(C)n3c-4cc4cc(Br)ccc43)[nH]2)N1C(=O)OC(C)(C)C. The highest BCUT2D eigenvalue weighted by atomic mass is 79.9. The monoisotopic (exact) mass is 588 g/mol. The number of halogens is 1. The van der Waals surface area contributed by atoms with Crippen molar-refractivity contribution in [2.75, 3.05) is 0 Å². The molecule has 6 rings (SSSR count). The zero-order valence-electron chi connectivity index (χ0n) is 22.9. The maximum Gasteiger partial charge on any atom is 0.411 e. The summed E-state index contributed by atoms with van der Waals surface area (Å²) < 4.78 is 15.5. The minimum absolute atomic E-state index is 0.0504. The Labute approximate surface area is 236 Å². The third-order valence-electron chi connectivity index (χ3n) is 7.40. The van der Waals surface area contributed by atoms with Gasteiger partial charge in [-0.25, -0.2) is 9.78 Å². The third-order valence-corrected chi connectivity index (χ3v) is 7.89. The van der Waals surface area contributed by atoms with Crippen molar-refractivity contribution >= 4 is 32.9 Å². The molecule has 2 aromatic heterocycles. The van der Waals surface area contributed by atoms with Crippen LogP contribution in [0.15, 0.2) is 65.3 Å². The second-order valence-corrected chi connectivity index (χ2v) is 12.2. The Morgan fingerprint density at radius 2 is 2.03 bits per heavy atom. The first-order valence-electron chi connectivity index (χ1n) is 13.5. The number of hydrogen-bond donors (Lipinski definition) is 1. The molecule has 8 heteroatoms. The van der Waals surface area contributed by atoms with Gasteiger partial charge in [-0.2, -0.15) is 0 Å². The van der Waals surface area contributed by atoms with Crippen molar-refractivity contribution in [3.05, 3.63) is 71.1 Å². The number of benzene rings is 2. The number of carbonyl (C=O) groups excluding carboxylic acids is 1. The lowest BCUT2D eigenvalue weighted by Gasteiger charge is -2.38. The predicted octanol–water partition coefficient (Wildman–Crippen LogP) is 8.39. The van der Waals surface area contributed by atoms with Crippen LogP contribution in [-0.4, -0.2) is 37.2 Å². The number of hydrogen-bond acceptors (Lipinski definition) is 4. The molecule has 1 N–H and O–H groups in total. The fraction of sp³-hybridized carbons (Fsp3) is 0.355. The first-order chi connectivity index (χ1) is 18.6. The van der Waals surface area contributed by atoms with E-state index in [1.165, 1.54) is 5.39 Å². The summed E-state index contributed by atoms with van der Waals surface area (Å²) in [7, 11) is 0. The number of ether oxygens (including phenoxy) is 2. The molecule has 3 atom stereocenters. The summed E-state index contributed by atoms with van der Waals surface area (Å²) >= 11 is 3.59. The van der Waals surface area contributed by atoms with Crippen LogP contribution >= 0.6 is 15.9 Å². The molecule has 0 bridgehead atoms. The molecule has 2 aromatic carbocycles. The Morgan fingerprint density at radius 3 is 2.79 bits per heavy atom. The van der Waals surface area contributed by atoms with E-state index < -0.39 is 5.60 Å². The molecule has 2 aliphatic heterocycles. The minimum Gasteiger partial charge on any atom is -0.470 e. The number of aromatic amines is 1. The van der Waals surface area contributed by atoms with Gasteiger partial charge in [0.15, 0.2) is 6.23 Å². The van der Waals surface area contributed by atoms with E-state index >= 15 is 0 Å². The van der Waals surface area contributed by atoms with Crippen LogP contribution in [0.4, 0.5) is 4.79 Å². The van der Waals surface area contributed by atoms with Crippen LogP contribution in [0.5, 0.6) is 5.75 Å². The number of nitrogens with one attached hydrogen (secondary N) is 1. The van der Waals surface area contributed by atoms with Gasteiger partial charge in [0.1, 0.15) is 23.2 Å². The highest BCUT2D eigenvalue weighted by molar-refractivity contribution is 9.10. The van der Waals surface area contributed by atoms with Crippen LogP contribution in [0.3, 0.4) is 0 Å². The third kappa shape index (κ3) is 4.65. The van der Waals surface area contributed by atoms with Gasteiger partial charge in [0.05, 0.1) is 23.1 Å². The van der Waals surface area contributed by atoms with Crippen molar-refractivity contribution in [1.29, 1.82) is 0 Å². The standard InChI is InChI=1S/C31H33BrN4O3/c1-6-22-8-7-9-26(36(22)30(37)39-31(3,4)5)29-33-17-24(34-29)19-10-12-23-27-15-20-14-21(32)11-13-25(20)35(27)18(2)38-28(23)16-19/h7,9-18,22,26H,6,8H2,1-5H3,(H,33,34)/t18?,22?,26-/m0/s1. The lowest BCUT2D eigenvalue weighted by molar-refractivity contribution is 0.00653. The lowest BCUT2D eigenvalue weighted by Crippen LogP contribution is -2.46. The largest absolute Gasteiger partial charge is 0.470 e. The summed E-state index contributed by atoms with van der Waals surface area (Å²) in [4.78, 5) is 23.2. The maximum atomic E-state index is 13.2. The highest BCUT2D eigenvalue weighted by Crippen LogP contribution is 2.44. The topological polar surface area (TPSA) is 72.4 Å². The Balaban J connectivity index is 1.33. The van der Waals surface area contributed by atoms with Gasteiger partial charge >= 0.3 is 6.09 Å². The molecule has 0 saturated carbocycles. The molecule has 0 aliphatic carbocycles. The van der Waals surface area contributed by atoms with E-state index in [0.29, 0.717) is 5.82 Å². The van der Waals surface area contributed by atoms with Crippen LogP contribution in [0, 0.1) is 0 Å². The zero-order valence-corrected chi connectivity index (χ0v) is 24.5. The van der Waals surface area contributed by atoms with Gasteiger partial charge in [-0.15, -0.1) is 0 Å². The number of imidazole rings is 1. The lowest BCUT2D eigenvalue weighted by atomic mass is 10.0. The van der Waals surface area contributed by atoms with Gasteiger partial charge in [0.2, 0.25) is 0 Å². The van der Waals surface area contributed by atoms with Gasteiger partial charge in [-0.3, -0.25) is 4.90 Å². The normalized spacial score (nSPS) is 20.5. The van der Waals surface area contributed by atoms with E-state index in [2.05, 4.69) is 87.9 Å². The molecule has 1 amide bonds. The quantitative estimate of drug-likeness (QED) is 0.244. The van der Waals surface area contributed by atoms with Crippen LogP contribution in [0.25, 0.3) is 33.4 Å². The molecule has 0 fully saturated rings. The van der Waals surface area contributed by atoms with Crippen LogP contribution in [0.2, 0.25) is 0 Å². The van der Waals surface area contributed by atoms with Crippen molar-refractivity contribution in [1.82, 2.24) is 19.4 Å². The Kier molecular flexibility index (Phi) is 6.33. The van der Waals surface area contributed by atoms with Crippen molar-refractivity contribution in [2.24, 2.45) is 0 Å². The number of fused-ring (bicyclic) bond motifs is 5. The first kappa shape index (κ1) is 25.7. The number of amides is 1. The molecule has 39 heavy (non-hydrogen) atoms. The number of carbonyl (C=O) groups is 1. The number of nitrogens with zero attached hydrogens (tertiary/aromatic N) is 3. The number of rotatable bonds is 3. The fourth-order valence-corrected chi connectivity index (χ4v) is 6.02. The van der Waals surface area contributed by atoms with E-state index in [1.807, 2.05) is 37.9 Å². The molecule has 0 saturated heterocycles. The zero-order chi connectivity index (χ0) is 27.5. The fourth-order valence-electron chi connectivity index (χ4n) is 5.64. The summed E-state index contributed by atoms with van der Waals surface area (Å²) in [5, 5.41) is 1.17. The molecule has 0 spiro atoms. The molecule has 2 unspecified atom stereocenters. The van der Waals surface area contributed by atoms with Crippen LogP contribution in [-0.2, 0) is 4.74 Å². The minimum atomic E-state index is -0.572. The van der Waals surface area contributed by atoms with Crippen LogP contribution in [0.1, 0.15) is 65.6 Å². The number of H-pyrrole nitrogens is 1. The first-order valence-corrected chi connectivity index (χ1v) is 14.3. The molecule has 0 radical (unpaired) electrons. The van der Waals surface area contributed by atoms with Crippen molar-refractivity contribution in [2.45, 2.75) is 71.4 Å². The second kappa shape index (κ2) is 9.59. The van der Waals surface area contributed by atoms with E-state index in [-0.39, 0.29) is 24.4 Å². The van der Waals surface area contributed by atoms with E-state index in [1.54, 1.807) is 0 Å². The van der Waals surface area contributed by atoms with Crippen molar-refractivity contribution in [3.63, 3.8) is 0 Å². The summed E-state index contributed by atoms with van der Waals surface area (Å²) in [6, 6.07) is 14.5. The maximum absolute atomic E-state index is 13.2. The van der Waals surface area contributed by atoms with Gasteiger partial charge < -0.3 is 19.0 Å². The Hall–Kier alpha value is -3.52. The average Bonchev–Trinajstić information content (AvgIpc) is 3.52. The smallest absolute Gasteiger partial charge is 0.411 e.